The van der Waals surface area contributed by atoms with E-state index in [0.29, 0.717) is 12.5 Å². The molecule has 1 aromatic rings. The van der Waals surface area contributed by atoms with Crippen molar-refractivity contribution in [1.29, 1.82) is 0 Å². The van der Waals surface area contributed by atoms with Crippen molar-refractivity contribution in [3.8, 4) is 0 Å². The second kappa shape index (κ2) is 5.43. The summed E-state index contributed by atoms with van der Waals surface area (Å²) in [6, 6.07) is 7.78. The highest BCUT2D eigenvalue weighted by molar-refractivity contribution is 6.05. The number of aliphatic carboxylic acids is 1. The molecule has 4 heteroatoms. The molecule has 1 aliphatic rings. The van der Waals surface area contributed by atoms with E-state index in [1.165, 1.54) is 6.92 Å². The average molecular weight is 261 g/mol. The fourth-order valence-electron chi connectivity index (χ4n) is 2.55. The van der Waals surface area contributed by atoms with E-state index in [9.17, 15) is 9.59 Å². The molecule has 0 aliphatic carbocycles. The molecule has 0 bridgehead atoms. The van der Waals surface area contributed by atoms with Crippen LogP contribution in [0.5, 0.6) is 0 Å². The van der Waals surface area contributed by atoms with Crippen LogP contribution in [0.15, 0.2) is 24.3 Å². The molecule has 2 unspecified atom stereocenters. The Morgan fingerprint density at radius 3 is 2.74 bits per heavy atom. The summed E-state index contributed by atoms with van der Waals surface area (Å²) in [5, 5.41) is 9.01. The predicted molar refractivity (Wildman–Crippen MR) is 73.2 cm³/mol. The minimum atomic E-state index is -1.07. The number of fused-ring (bicyclic) bond motifs is 1. The third-order valence-corrected chi connectivity index (χ3v) is 3.78. The quantitative estimate of drug-likeness (QED) is 0.833. The van der Waals surface area contributed by atoms with Crippen molar-refractivity contribution in [2.45, 2.75) is 32.6 Å². The number of benzene rings is 1. The fraction of sp³-hybridized carbons (Fsp3) is 0.467. The summed E-state index contributed by atoms with van der Waals surface area (Å²) in [7, 11) is 0. The van der Waals surface area contributed by atoms with E-state index in [1.54, 1.807) is 4.90 Å². The van der Waals surface area contributed by atoms with Crippen molar-refractivity contribution < 1.29 is 14.7 Å². The van der Waals surface area contributed by atoms with E-state index in [0.717, 1.165) is 24.1 Å². The first-order chi connectivity index (χ1) is 9.02. The predicted octanol–water partition coefficient (Wildman–Crippen LogP) is 2.64. The van der Waals surface area contributed by atoms with Crippen LogP contribution in [0.4, 0.5) is 5.69 Å². The second-order valence-electron chi connectivity index (χ2n) is 5.15. The Morgan fingerprint density at radius 2 is 2.05 bits per heavy atom. The van der Waals surface area contributed by atoms with Crippen molar-refractivity contribution in [3.05, 3.63) is 29.8 Å². The Hall–Kier alpha value is -1.84. The van der Waals surface area contributed by atoms with E-state index >= 15 is 0 Å². The van der Waals surface area contributed by atoms with Crippen molar-refractivity contribution >= 4 is 17.6 Å². The lowest BCUT2D eigenvalue weighted by molar-refractivity contribution is -0.145. The number of carbonyl (C=O) groups is 2. The Labute approximate surface area is 113 Å². The molecule has 0 radical (unpaired) electrons. The van der Waals surface area contributed by atoms with Crippen molar-refractivity contribution in [3.63, 3.8) is 0 Å². The number of anilines is 1. The van der Waals surface area contributed by atoms with Gasteiger partial charge in [0.2, 0.25) is 5.91 Å². The number of carbonyl (C=O) groups excluding carboxylic acids is 1. The number of amides is 1. The van der Waals surface area contributed by atoms with Crippen LogP contribution in [-0.4, -0.2) is 23.5 Å². The summed E-state index contributed by atoms with van der Waals surface area (Å²) in [6.45, 7) is 4.19. The molecule has 0 spiro atoms. The summed E-state index contributed by atoms with van der Waals surface area (Å²) in [5.41, 5.74) is 2.00. The molecule has 2 atom stereocenters. The Bertz CT molecular complexity index is 498. The Balaban J connectivity index is 2.38. The molecule has 0 saturated carbocycles. The molecule has 1 heterocycles. The molecule has 0 fully saturated rings. The smallest absolute Gasteiger partial charge is 0.315 e. The minimum absolute atomic E-state index is 0.325. The maximum absolute atomic E-state index is 12.3. The minimum Gasteiger partial charge on any atom is -0.481 e. The molecule has 102 valence electrons. The Morgan fingerprint density at radius 1 is 1.37 bits per heavy atom. The second-order valence-corrected chi connectivity index (χ2v) is 5.15. The topological polar surface area (TPSA) is 57.6 Å². The monoisotopic (exact) mass is 261 g/mol. The standard InChI is InChI=1S/C15H19NO3/c1-10-6-5-9-16(14(17)11(2)15(18)19)13-8-4-3-7-12(10)13/h3-4,7-8,10-11H,5-6,9H2,1-2H3,(H,18,19). The van der Waals surface area contributed by atoms with Crippen LogP contribution >= 0.6 is 0 Å². The summed E-state index contributed by atoms with van der Waals surface area (Å²) < 4.78 is 0. The largest absolute Gasteiger partial charge is 0.481 e. The van der Waals surface area contributed by atoms with Gasteiger partial charge in [0.25, 0.3) is 0 Å². The van der Waals surface area contributed by atoms with Gasteiger partial charge in [0, 0.05) is 12.2 Å². The zero-order valence-electron chi connectivity index (χ0n) is 11.3. The van der Waals surface area contributed by atoms with Crippen LogP contribution in [0.2, 0.25) is 0 Å². The van der Waals surface area contributed by atoms with Crippen LogP contribution in [0, 0.1) is 5.92 Å². The molecule has 1 aromatic carbocycles. The first-order valence-electron chi connectivity index (χ1n) is 6.65. The van der Waals surface area contributed by atoms with Gasteiger partial charge >= 0.3 is 5.97 Å². The van der Waals surface area contributed by atoms with E-state index in [1.807, 2.05) is 24.3 Å². The number of hydrogen-bond acceptors (Lipinski definition) is 2. The zero-order chi connectivity index (χ0) is 14.0. The molecule has 0 aromatic heterocycles. The van der Waals surface area contributed by atoms with Gasteiger partial charge in [-0.25, -0.2) is 0 Å². The number of carboxylic acid groups (broad SMARTS) is 1. The van der Waals surface area contributed by atoms with Gasteiger partial charge in [0.1, 0.15) is 5.92 Å². The van der Waals surface area contributed by atoms with Gasteiger partial charge < -0.3 is 10.0 Å². The maximum atomic E-state index is 12.3. The first kappa shape index (κ1) is 13.6. The van der Waals surface area contributed by atoms with Crippen LogP contribution in [0.1, 0.15) is 38.2 Å². The molecule has 19 heavy (non-hydrogen) atoms. The van der Waals surface area contributed by atoms with Crippen LogP contribution in [-0.2, 0) is 9.59 Å². The van der Waals surface area contributed by atoms with Gasteiger partial charge in [-0.1, -0.05) is 25.1 Å². The molecule has 0 saturated heterocycles. The zero-order valence-corrected chi connectivity index (χ0v) is 11.3. The lowest BCUT2D eigenvalue weighted by atomic mass is 9.96. The van der Waals surface area contributed by atoms with Gasteiger partial charge in [-0.2, -0.15) is 0 Å². The van der Waals surface area contributed by atoms with Gasteiger partial charge in [0.15, 0.2) is 0 Å². The fourth-order valence-corrected chi connectivity index (χ4v) is 2.55. The van der Waals surface area contributed by atoms with Crippen molar-refractivity contribution in [1.82, 2.24) is 0 Å². The number of para-hydroxylation sites is 1. The lowest BCUT2D eigenvalue weighted by Gasteiger charge is -2.25. The van der Waals surface area contributed by atoms with Crippen LogP contribution < -0.4 is 4.90 Å². The van der Waals surface area contributed by atoms with Gasteiger partial charge in [0.05, 0.1) is 0 Å². The van der Waals surface area contributed by atoms with Crippen LogP contribution in [0.3, 0.4) is 0 Å². The number of carboxylic acids is 1. The van der Waals surface area contributed by atoms with Crippen molar-refractivity contribution in [2.75, 3.05) is 11.4 Å². The summed E-state index contributed by atoms with van der Waals surface area (Å²) in [4.78, 5) is 24.9. The van der Waals surface area contributed by atoms with Gasteiger partial charge in [-0.3, -0.25) is 9.59 Å². The molecular weight excluding hydrogens is 242 g/mol. The molecule has 1 aliphatic heterocycles. The lowest BCUT2D eigenvalue weighted by Crippen LogP contribution is -2.38. The highest BCUT2D eigenvalue weighted by Crippen LogP contribution is 2.34. The number of rotatable bonds is 2. The highest BCUT2D eigenvalue weighted by atomic mass is 16.4. The summed E-state index contributed by atoms with van der Waals surface area (Å²) in [5.74, 6) is -2.00. The molecule has 1 N–H and O–H groups in total. The van der Waals surface area contributed by atoms with Gasteiger partial charge in [-0.15, -0.1) is 0 Å². The summed E-state index contributed by atoms with van der Waals surface area (Å²) in [6.07, 6.45) is 1.91. The third-order valence-electron chi connectivity index (χ3n) is 3.78. The Kier molecular flexibility index (Phi) is 3.88. The van der Waals surface area contributed by atoms with E-state index < -0.39 is 11.9 Å². The number of nitrogens with zero attached hydrogens (tertiary/aromatic N) is 1. The molecular formula is C15H19NO3. The average Bonchev–Trinajstić information content (AvgIpc) is 2.57. The first-order valence-corrected chi connectivity index (χ1v) is 6.65. The summed E-state index contributed by atoms with van der Waals surface area (Å²) >= 11 is 0. The molecule has 2 rings (SSSR count). The van der Waals surface area contributed by atoms with E-state index in [-0.39, 0.29) is 5.91 Å². The van der Waals surface area contributed by atoms with Gasteiger partial charge in [-0.05, 0) is 37.3 Å². The number of hydrogen-bond donors (Lipinski definition) is 1. The molecule has 1 amide bonds. The highest BCUT2D eigenvalue weighted by Gasteiger charge is 2.30. The SMILES string of the molecule is CC(C(=O)O)C(=O)N1CCCC(C)c2ccccc21. The van der Waals surface area contributed by atoms with E-state index in [2.05, 4.69) is 6.92 Å². The van der Waals surface area contributed by atoms with Crippen LogP contribution in [0.25, 0.3) is 0 Å². The normalized spacial score (nSPS) is 20.3. The van der Waals surface area contributed by atoms with E-state index in [4.69, 9.17) is 5.11 Å². The third kappa shape index (κ3) is 2.62. The molecule has 4 nitrogen and oxygen atoms in total. The van der Waals surface area contributed by atoms with Crippen molar-refractivity contribution in [2.24, 2.45) is 5.92 Å². The maximum Gasteiger partial charge on any atom is 0.315 e.